The lowest BCUT2D eigenvalue weighted by atomic mass is 10.3. The van der Waals surface area contributed by atoms with Gasteiger partial charge in [-0.2, -0.15) is 5.10 Å². The fourth-order valence-electron chi connectivity index (χ4n) is 1.70. The highest BCUT2D eigenvalue weighted by Gasteiger charge is 2.14. The highest BCUT2D eigenvalue weighted by molar-refractivity contribution is 7.89. The van der Waals surface area contributed by atoms with Crippen LogP contribution in [0.25, 0.3) is 0 Å². The fraction of sp³-hybridized carbons (Fsp3) is 0.250. The first-order valence-electron chi connectivity index (χ1n) is 6.11. The summed E-state index contributed by atoms with van der Waals surface area (Å²) in [5.74, 6) is 0. The number of rotatable bonds is 6. The molecule has 21 heavy (non-hydrogen) atoms. The highest BCUT2D eigenvalue weighted by atomic mass is 32.2. The molecule has 0 aliphatic carbocycles. The van der Waals surface area contributed by atoms with E-state index in [2.05, 4.69) is 14.8 Å². The Morgan fingerprint density at radius 2 is 2.19 bits per heavy atom. The number of sulfonamides is 1. The number of nitrogens with zero attached hydrogens (tertiary/aromatic N) is 3. The third kappa shape index (κ3) is 4.06. The van der Waals surface area contributed by atoms with Crippen LogP contribution in [0.1, 0.15) is 11.3 Å². The topological polar surface area (TPSA) is 103 Å². The third-order valence-electron chi connectivity index (χ3n) is 2.76. The van der Waals surface area contributed by atoms with Crippen LogP contribution in [0.5, 0.6) is 0 Å². The fourth-order valence-corrected chi connectivity index (χ4v) is 2.80. The smallest absolute Gasteiger partial charge is 0.242 e. The molecule has 9 heteroatoms. The second-order valence-electron chi connectivity index (χ2n) is 4.41. The molecule has 112 valence electrons. The van der Waals surface area contributed by atoms with E-state index < -0.39 is 10.0 Å². The molecule has 2 aromatic rings. The lowest BCUT2D eigenvalue weighted by molar-refractivity contribution is 0.581. The van der Waals surface area contributed by atoms with Crippen LogP contribution in [0, 0.1) is 0 Å². The van der Waals surface area contributed by atoms with Crippen LogP contribution in [-0.2, 0) is 23.5 Å². The Balaban J connectivity index is 1.99. The number of nitrogens with two attached hydrogens (primary N) is 1. The minimum Gasteiger partial charge on any atom is -0.388 e. The second kappa shape index (κ2) is 6.29. The van der Waals surface area contributed by atoms with E-state index in [-0.39, 0.29) is 16.4 Å². The maximum atomic E-state index is 12.1. The van der Waals surface area contributed by atoms with Gasteiger partial charge in [0.05, 0.1) is 11.9 Å². The second-order valence-corrected chi connectivity index (χ2v) is 6.62. The average Bonchev–Trinajstić information content (AvgIpc) is 2.84. The van der Waals surface area contributed by atoms with Crippen molar-refractivity contribution in [2.75, 3.05) is 6.54 Å². The molecule has 0 fully saturated rings. The molecule has 0 saturated carbocycles. The predicted octanol–water partition coefficient (Wildman–Crippen LogP) is -0.0297. The molecular weight excluding hydrogens is 310 g/mol. The summed E-state index contributed by atoms with van der Waals surface area (Å²) < 4.78 is 28.3. The van der Waals surface area contributed by atoms with Crippen molar-refractivity contribution < 1.29 is 8.42 Å². The van der Waals surface area contributed by atoms with E-state index >= 15 is 0 Å². The van der Waals surface area contributed by atoms with Gasteiger partial charge >= 0.3 is 0 Å². The van der Waals surface area contributed by atoms with Crippen LogP contribution in [-0.4, -0.2) is 34.7 Å². The Hall–Kier alpha value is -1.84. The van der Waals surface area contributed by atoms with Crippen molar-refractivity contribution in [2.24, 2.45) is 12.8 Å². The summed E-state index contributed by atoms with van der Waals surface area (Å²) in [6, 6.07) is 2.91. The summed E-state index contributed by atoms with van der Waals surface area (Å²) >= 11 is 4.77. The quantitative estimate of drug-likeness (QED) is 0.723. The largest absolute Gasteiger partial charge is 0.388 e. The molecule has 2 rings (SSSR count). The number of pyridine rings is 1. The third-order valence-corrected chi connectivity index (χ3v) is 4.42. The monoisotopic (exact) mass is 325 g/mol. The van der Waals surface area contributed by atoms with Gasteiger partial charge in [0.15, 0.2) is 0 Å². The maximum absolute atomic E-state index is 12.1. The van der Waals surface area contributed by atoms with E-state index in [1.54, 1.807) is 10.9 Å². The zero-order valence-electron chi connectivity index (χ0n) is 11.4. The Bertz CT molecular complexity index is 737. The van der Waals surface area contributed by atoms with Crippen molar-refractivity contribution in [1.29, 1.82) is 0 Å². The number of aryl methyl sites for hydroxylation is 1. The summed E-state index contributed by atoms with van der Waals surface area (Å²) in [5, 5.41) is 4.02. The molecule has 0 aliphatic rings. The van der Waals surface area contributed by atoms with Gasteiger partial charge in [-0.25, -0.2) is 13.1 Å². The number of thiocarbonyl (C=S) groups is 1. The van der Waals surface area contributed by atoms with Crippen LogP contribution < -0.4 is 10.5 Å². The lowest BCUT2D eigenvalue weighted by Crippen LogP contribution is -2.26. The van der Waals surface area contributed by atoms with Gasteiger partial charge in [0.25, 0.3) is 0 Å². The molecule has 0 radical (unpaired) electrons. The lowest BCUT2D eigenvalue weighted by Gasteiger charge is -2.06. The highest BCUT2D eigenvalue weighted by Crippen LogP contribution is 2.08. The molecule has 2 aromatic heterocycles. The van der Waals surface area contributed by atoms with E-state index in [1.165, 1.54) is 18.3 Å². The Kier molecular flexibility index (Phi) is 4.66. The molecule has 3 N–H and O–H groups in total. The molecule has 0 amide bonds. The molecular formula is C12H15N5O2S2. The first kappa shape index (κ1) is 15.5. The molecule has 0 unspecified atom stereocenters. The summed E-state index contributed by atoms with van der Waals surface area (Å²) in [7, 11) is -1.78. The van der Waals surface area contributed by atoms with Crippen molar-refractivity contribution >= 4 is 27.2 Å². The number of aromatic nitrogens is 3. The molecule has 0 bridgehead atoms. The van der Waals surface area contributed by atoms with E-state index in [4.69, 9.17) is 18.0 Å². The summed E-state index contributed by atoms with van der Waals surface area (Å²) in [6.07, 6.45) is 5.34. The van der Waals surface area contributed by atoms with Gasteiger partial charge in [-0.15, -0.1) is 0 Å². The van der Waals surface area contributed by atoms with Crippen LogP contribution in [0.4, 0.5) is 0 Å². The average molecular weight is 325 g/mol. The number of hydrogen-bond donors (Lipinski definition) is 2. The van der Waals surface area contributed by atoms with Gasteiger partial charge in [-0.05, 0) is 24.1 Å². The van der Waals surface area contributed by atoms with Crippen molar-refractivity contribution in [2.45, 2.75) is 11.3 Å². The first-order chi connectivity index (χ1) is 9.88. The van der Waals surface area contributed by atoms with Gasteiger partial charge < -0.3 is 5.73 Å². The molecule has 0 atom stereocenters. The van der Waals surface area contributed by atoms with Crippen LogP contribution in [0.3, 0.4) is 0 Å². The molecule has 2 heterocycles. The summed E-state index contributed by atoms with van der Waals surface area (Å²) in [4.78, 5) is 4.12. The van der Waals surface area contributed by atoms with Crippen LogP contribution in [0.2, 0.25) is 0 Å². The van der Waals surface area contributed by atoms with E-state index in [1.807, 2.05) is 13.2 Å². The van der Waals surface area contributed by atoms with Gasteiger partial charge in [0, 0.05) is 26.0 Å². The summed E-state index contributed by atoms with van der Waals surface area (Å²) in [5.41, 5.74) is 6.76. The minimum atomic E-state index is -3.59. The molecule has 0 aromatic carbocycles. The normalized spacial score (nSPS) is 11.5. The Morgan fingerprint density at radius 3 is 2.71 bits per heavy atom. The van der Waals surface area contributed by atoms with Crippen LogP contribution in [0.15, 0.2) is 35.6 Å². The van der Waals surface area contributed by atoms with E-state index in [9.17, 15) is 8.42 Å². The van der Waals surface area contributed by atoms with Crippen LogP contribution >= 0.6 is 12.2 Å². The standard InChI is InChI=1S/C12H15N5O2S2/c1-17-8-9(6-15-17)4-5-16-21(18,19)10-2-3-11(12(13)20)14-7-10/h2-3,6-8,16H,4-5H2,1H3,(H2,13,20). The van der Waals surface area contributed by atoms with E-state index in [0.717, 1.165) is 5.56 Å². The minimum absolute atomic E-state index is 0.0775. The molecule has 0 spiro atoms. The van der Waals surface area contributed by atoms with Crippen molar-refractivity contribution in [1.82, 2.24) is 19.5 Å². The maximum Gasteiger partial charge on any atom is 0.242 e. The number of hydrogen-bond acceptors (Lipinski definition) is 5. The predicted molar refractivity (Wildman–Crippen MR) is 82.2 cm³/mol. The van der Waals surface area contributed by atoms with Gasteiger partial charge in [-0.3, -0.25) is 9.67 Å². The SMILES string of the molecule is Cn1cc(CCNS(=O)(=O)c2ccc(C(N)=S)nc2)cn1. The summed E-state index contributed by atoms with van der Waals surface area (Å²) in [6.45, 7) is 0.283. The van der Waals surface area contributed by atoms with E-state index in [0.29, 0.717) is 12.1 Å². The van der Waals surface area contributed by atoms with Crippen molar-refractivity contribution in [3.8, 4) is 0 Å². The van der Waals surface area contributed by atoms with Crippen molar-refractivity contribution in [3.05, 3.63) is 42.0 Å². The van der Waals surface area contributed by atoms with Gasteiger partial charge in [0.2, 0.25) is 10.0 Å². The Morgan fingerprint density at radius 1 is 1.43 bits per heavy atom. The van der Waals surface area contributed by atoms with Crippen molar-refractivity contribution in [3.63, 3.8) is 0 Å². The first-order valence-corrected chi connectivity index (χ1v) is 8.01. The molecule has 7 nitrogen and oxygen atoms in total. The van der Waals surface area contributed by atoms with Gasteiger partial charge in [0.1, 0.15) is 9.88 Å². The zero-order chi connectivity index (χ0) is 15.5. The molecule has 0 aliphatic heterocycles. The Labute approximate surface area is 128 Å². The molecule has 0 saturated heterocycles. The zero-order valence-corrected chi connectivity index (χ0v) is 13.0. The van der Waals surface area contributed by atoms with Gasteiger partial charge in [-0.1, -0.05) is 12.2 Å². The number of nitrogens with one attached hydrogen (secondary N) is 1.